The van der Waals surface area contributed by atoms with Gasteiger partial charge in [0, 0.05) is 18.3 Å². The number of aromatic nitrogens is 1. The lowest BCUT2D eigenvalue weighted by molar-refractivity contribution is 0.419. The van der Waals surface area contributed by atoms with E-state index >= 15 is 0 Å². The van der Waals surface area contributed by atoms with Gasteiger partial charge in [-0.1, -0.05) is 17.7 Å². The molecule has 0 atom stereocenters. The number of rotatable bonds is 3. The van der Waals surface area contributed by atoms with E-state index in [4.69, 9.17) is 22.1 Å². The van der Waals surface area contributed by atoms with Crippen molar-refractivity contribution in [3.05, 3.63) is 52.4 Å². The highest BCUT2D eigenvalue weighted by Crippen LogP contribution is 2.30. The summed E-state index contributed by atoms with van der Waals surface area (Å²) in [7, 11) is 0. The van der Waals surface area contributed by atoms with Crippen LogP contribution in [0.4, 0.5) is 4.39 Å². The van der Waals surface area contributed by atoms with E-state index in [1.165, 1.54) is 12.3 Å². The van der Waals surface area contributed by atoms with Crippen LogP contribution < -0.4 is 10.5 Å². The number of pyridine rings is 1. The Kier molecular flexibility index (Phi) is 3.79. The molecule has 0 spiro atoms. The molecule has 2 N–H and O–H groups in total. The van der Waals surface area contributed by atoms with Crippen LogP contribution in [-0.2, 0) is 6.54 Å². The Bertz CT molecular complexity index is 575. The van der Waals surface area contributed by atoms with E-state index in [0.717, 1.165) is 5.56 Å². The van der Waals surface area contributed by atoms with Crippen LogP contribution in [0.1, 0.15) is 11.1 Å². The molecule has 0 unspecified atom stereocenters. The fourth-order valence-electron chi connectivity index (χ4n) is 1.48. The highest BCUT2D eigenvalue weighted by atomic mass is 35.5. The molecule has 3 nitrogen and oxygen atoms in total. The zero-order chi connectivity index (χ0) is 13.1. The smallest absolute Gasteiger partial charge is 0.256 e. The number of aryl methyl sites for hydroxylation is 1. The summed E-state index contributed by atoms with van der Waals surface area (Å²) in [4.78, 5) is 3.83. The minimum absolute atomic E-state index is 0.0896. The van der Waals surface area contributed by atoms with E-state index in [9.17, 15) is 4.39 Å². The summed E-state index contributed by atoms with van der Waals surface area (Å²) in [5, 5.41) is 0.411. The summed E-state index contributed by atoms with van der Waals surface area (Å²) in [5.74, 6) is -0.316. The van der Waals surface area contributed by atoms with E-state index in [1.807, 2.05) is 13.0 Å². The Hall–Kier alpha value is -1.65. The van der Waals surface area contributed by atoms with E-state index in [0.29, 0.717) is 16.3 Å². The maximum atomic E-state index is 13.9. The van der Waals surface area contributed by atoms with Crippen molar-refractivity contribution < 1.29 is 9.13 Å². The molecule has 0 saturated heterocycles. The fraction of sp³-hybridized carbons (Fsp3) is 0.154. The first kappa shape index (κ1) is 12.8. The lowest BCUT2D eigenvalue weighted by Crippen LogP contribution is -2.02. The molecule has 94 valence electrons. The number of hydrogen-bond donors (Lipinski definition) is 1. The third-order valence-electron chi connectivity index (χ3n) is 2.45. The molecule has 0 aliphatic rings. The highest BCUT2D eigenvalue weighted by Gasteiger charge is 2.12. The number of hydrogen-bond acceptors (Lipinski definition) is 3. The molecule has 5 heteroatoms. The van der Waals surface area contributed by atoms with Crippen LogP contribution in [0.25, 0.3) is 0 Å². The zero-order valence-electron chi connectivity index (χ0n) is 9.78. The van der Waals surface area contributed by atoms with Gasteiger partial charge in [-0.3, -0.25) is 0 Å². The fourth-order valence-corrected chi connectivity index (χ4v) is 1.76. The standard InChI is InChI=1S/C13H12ClFN2O/c1-8-2-3-11(10(14)6-8)18-13-12(15)9(7-16)4-5-17-13/h2-6H,7,16H2,1H3. The first-order chi connectivity index (χ1) is 8.61. The molecule has 0 radical (unpaired) electrons. The Morgan fingerprint density at radius 1 is 1.39 bits per heavy atom. The molecule has 18 heavy (non-hydrogen) atoms. The van der Waals surface area contributed by atoms with Gasteiger partial charge in [0.25, 0.3) is 5.88 Å². The minimum Gasteiger partial charge on any atom is -0.435 e. The van der Waals surface area contributed by atoms with Crippen molar-refractivity contribution >= 4 is 11.6 Å². The summed E-state index contributed by atoms with van der Waals surface area (Å²) in [6.45, 7) is 2.00. The van der Waals surface area contributed by atoms with Crippen molar-refractivity contribution in [2.24, 2.45) is 5.73 Å². The number of benzene rings is 1. The summed E-state index contributed by atoms with van der Waals surface area (Å²) in [5.41, 5.74) is 6.76. The monoisotopic (exact) mass is 266 g/mol. The maximum absolute atomic E-state index is 13.9. The first-order valence-corrected chi connectivity index (χ1v) is 5.77. The summed E-state index contributed by atoms with van der Waals surface area (Å²) < 4.78 is 19.2. The van der Waals surface area contributed by atoms with Gasteiger partial charge in [0.15, 0.2) is 5.82 Å². The molecule has 0 aliphatic carbocycles. The lowest BCUT2D eigenvalue weighted by atomic mass is 10.2. The Labute approximate surface area is 109 Å². The van der Waals surface area contributed by atoms with Crippen LogP contribution in [0.5, 0.6) is 11.6 Å². The number of ether oxygens (including phenoxy) is 1. The van der Waals surface area contributed by atoms with Crippen molar-refractivity contribution in [2.45, 2.75) is 13.5 Å². The van der Waals surface area contributed by atoms with Crippen LogP contribution in [0.3, 0.4) is 0 Å². The van der Waals surface area contributed by atoms with Gasteiger partial charge in [-0.25, -0.2) is 9.37 Å². The Balaban J connectivity index is 2.34. The van der Waals surface area contributed by atoms with Crippen LogP contribution in [-0.4, -0.2) is 4.98 Å². The topological polar surface area (TPSA) is 48.1 Å². The van der Waals surface area contributed by atoms with Crippen molar-refractivity contribution in [3.8, 4) is 11.6 Å². The number of nitrogens with two attached hydrogens (primary N) is 1. The molecule has 1 aromatic carbocycles. The van der Waals surface area contributed by atoms with Crippen molar-refractivity contribution in [2.75, 3.05) is 0 Å². The van der Waals surface area contributed by atoms with Crippen LogP contribution >= 0.6 is 11.6 Å². The van der Waals surface area contributed by atoms with E-state index in [-0.39, 0.29) is 12.4 Å². The molecule has 2 rings (SSSR count). The summed E-state index contributed by atoms with van der Waals surface area (Å²) in [6, 6.07) is 6.75. The molecular weight excluding hydrogens is 255 g/mol. The highest BCUT2D eigenvalue weighted by molar-refractivity contribution is 6.32. The van der Waals surface area contributed by atoms with Crippen LogP contribution in [0.15, 0.2) is 30.5 Å². The lowest BCUT2D eigenvalue weighted by Gasteiger charge is -2.09. The predicted molar refractivity (Wildman–Crippen MR) is 68.3 cm³/mol. The molecule has 0 bridgehead atoms. The quantitative estimate of drug-likeness (QED) is 0.926. The summed E-state index contributed by atoms with van der Waals surface area (Å²) in [6.07, 6.45) is 1.45. The van der Waals surface area contributed by atoms with Crippen molar-refractivity contribution in [1.29, 1.82) is 0 Å². The van der Waals surface area contributed by atoms with Crippen LogP contribution in [0, 0.1) is 12.7 Å². The molecule has 0 fully saturated rings. The van der Waals surface area contributed by atoms with Gasteiger partial charge in [-0.2, -0.15) is 0 Å². The first-order valence-electron chi connectivity index (χ1n) is 5.39. The third-order valence-corrected chi connectivity index (χ3v) is 2.75. The SMILES string of the molecule is Cc1ccc(Oc2nccc(CN)c2F)c(Cl)c1. The number of nitrogens with zero attached hydrogens (tertiary/aromatic N) is 1. The zero-order valence-corrected chi connectivity index (χ0v) is 10.5. The maximum Gasteiger partial charge on any atom is 0.256 e. The normalized spacial score (nSPS) is 10.4. The van der Waals surface area contributed by atoms with E-state index in [1.54, 1.807) is 12.1 Å². The molecule has 0 aliphatic heterocycles. The Morgan fingerprint density at radius 3 is 2.83 bits per heavy atom. The van der Waals surface area contributed by atoms with Gasteiger partial charge in [0.1, 0.15) is 5.75 Å². The molecule has 0 saturated carbocycles. The third kappa shape index (κ3) is 2.60. The van der Waals surface area contributed by atoms with E-state index in [2.05, 4.69) is 4.98 Å². The van der Waals surface area contributed by atoms with Gasteiger partial charge in [0.2, 0.25) is 0 Å². The second-order valence-electron chi connectivity index (χ2n) is 3.83. The largest absolute Gasteiger partial charge is 0.435 e. The van der Waals surface area contributed by atoms with E-state index < -0.39 is 5.82 Å². The van der Waals surface area contributed by atoms with Crippen molar-refractivity contribution in [1.82, 2.24) is 4.98 Å². The molecule has 1 aromatic heterocycles. The summed E-state index contributed by atoms with van der Waals surface area (Å²) >= 11 is 6.01. The second kappa shape index (κ2) is 5.33. The Morgan fingerprint density at radius 2 is 2.17 bits per heavy atom. The molecule has 0 amide bonds. The molecular formula is C13H12ClFN2O. The average molecular weight is 267 g/mol. The molecule has 2 aromatic rings. The van der Waals surface area contributed by atoms with Gasteiger partial charge < -0.3 is 10.5 Å². The second-order valence-corrected chi connectivity index (χ2v) is 4.24. The van der Waals surface area contributed by atoms with Gasteiger partial charge in [-0.05, 0) is 30.7 Å². The average Bonchev–Trinajstić information content (AvgIpc) is 2.35. The molecule has 1 heterocycles. The minimum atomic E-state index is -0.559. The van der Waals surface area contributed by atoms with Gasteiger partial charge in [0.05, 0.1) is 5.02 Å². The van der Waals surface area contributed by atoms with Crippen LogP contribution in [0.2, 0.25) is 5.02 Å². The predicted octanol–water partition coefficient (Wildman–Crippen LogP) is 3.43. The number of halogens is 2. The van der Waals surface area contributed by atoms with Gasteiger partial charge in [-0.15, -0.1) is 0 Å². The van der Waals surface area contributed by atoms with Gasteiger partial charge >= 0.3 is 0 Å². The van der Waals surface area contributed by atoms with Crippen molar-refractivity contribution in [3.63, 3.8) is 0 Å².